The first-order valence-electron chi connectivity index (χ1n) is 8.56. The number of fused-ring (bicyclic) bond motifs is 1. The van der Waals surface area contributed by atoms with E-state index >= 15 is 0 Å². The highest BCUT2D eigenvalue weighted by Crippen LogP contribution is 2.30. The number of halogens is 2. The van der Waals surface area contributed by atoms with E-state index in [0.29, 0.717) is 21.3 Å². The minimum atomic E-state index is -3.55. The van der Waals surface area contributed by atoms with Crippen molar-refractivity contribution in [3.05, 3.63) is 80.9 Å². The maximum absolute atomic E-state index is 13.2. The topological polar surface area (TPSA) is 69.0 Å². The summed E-state index contributed by atoms with van der Waals surface area (Å²) in [4.78, 5) is 18.1. The zero-order chi connectivity index (χ0) is 20.6. The van der Waals surface area contributed by atoms with Gasteiger partial charge in [-0.2, -0.15) is 0 Å². The van der Waals surface area contributed by atoms with Gasteiger partial charge in [0.05, 0.1) is 22.4 Å². The summed E-state index contributed by atoms with van der Waals surface area (Å²) in [6.45, 7) is -0.0150. The van der Waals surface area contributed by atoms with Gasteiger partial charge in [0.2, 0.25) is 0 Å². The molecule has 4 aromatic rings. The first kappa shape index (κ1) is 19.9. The van der Waals surface area contributed by atoms with E-state index in [-0.39, 0.29) is 28.6 Å². The molecule has 5 nitrogen and oxygen atoms in total. The van der Waals surface area contributed by atoms with Crippen LogP contribution in [0.15, 0.2) is 74.4 Å². The SMILES string of the molecule is O=c1c2c(-c3ccc(F)cc3)csc2ncn1CCS(=O)(=O)c1ccc(Br)cc1. The van der Waals surface area contributed by atoms with E-state index in [1.54, 1.807) is 29.6 Å². The molecule has 0 fully saturated rings. The smallest absolute Gasteiger partial charge is 0.262 e. The Balaban J connectivity index is 1.67. The van der Waals surface area contributed by atoms with Gasteiger partial charge in [-0.1, -0.05) is 28.1 Å². The van der Waals surface area contributed by atoms with Crippen LogP contribution in [0.3, 0.4) is 0 Å². The Kier molecular flexibility index (Phi) is 5.37. The van der Waals surface area contributed by atoms with Crippen LogP contribution in [0, 0.1) is 5.82 Å². The van der Waals surface area contributed by atoms with Gasteiger partial charge in [-0.05, 0) is 42.0 Å². The second-order valence-corrected chi connectivity index (χ2v) is 10.2. The number of sulfone groups is 1. The van der Waals surface area contributed by atoms with E-state index in [2.05, 4.69) is 20.9 Å². The molecule has 0 aliphatic carbocycles. The molecule has 2 aromatic heterocycles. The molecule has 0 radical (unpaired) electrons. The largest absolute Gasteiger partial charge is 0.298 e. The molecule has 0 saturated carbocycles. The first-order chi connectivity index (χ1) is 13.8. The lowest BCUT2D eigenvalue weighted by Gasteiger charge is -2.08. The predicted octanol–water partition coefficient (Wildman–Crippen LogP) is 4.50. The maximum atomic E-state index is 13.2. The third kappa shape index (κ3) is 4.03. The Morgan fingerprint density at radius 3 is 2.45 bits per heavy atom. The highest BCUT2D eigenvalue weighted by atomic mass is 79.9. The van der Waals surface area contributed by atoms with Crippen LogP contribution in [0.5, 0.6) is 0 Å². The summed E-state index contributed by atoms with van der Waals surface area (Å²) in [5.74, 6) is -0.584. The molecule has 0 amide bonds. The Hall–Kier alpha value is -2.36. The molecule has 0 saturated heterocycles. The molecule has 0 bridgehead atoms. The van der Waals surface area contributed by atoms with Gasteiger partial charge in [0.15, 0.2) is 9.84 Å². The molecule has 2 heterocycles. The van der Waals surface area contributed by atoms with Crippen molar-refractivity contribution in [3.63, 3.8) is 0 Å². The molecule has 0 atom stereocenters. The molecule has 2 aromatic carbocycles. The molecule has 0 aliphatic rings. The van der Waals surface area contributed by atoms with Gasteiger partial charge in [-0.25, -0.2) is 17.8 Å². The average Bonchev–Trinajstić information content (AvgIpc) is 3.13. The van der Waals surface area contributed by atoms with Crippen LogP contribution in [0.2, 0.25) is 0 Å². The highest BCUT2D eigenvalue weighted by molar-refractivity contribution is 9.10. The second-order valence-electron chi connectivity index (χ2n) is 6.35. The van der Waals surface area contributed by atoms with Crippen LogP contribution in [0.1, 0.15) is 0 Å². The predicted molar refractivity (Wildman–Crippen MR) is 115 cm³/mol. The van der Waals surface area contributed by atoms with Gasteiger partial charge >= 0.3 is 0 Å². The van der Waals surface area contributed by atoms with Crippen molar-refractivity contribution in [2.75, 3.05) is 5.75 Å². The molecule has 0 aliphatic heterocycles. The molecular weight excluding hydrogens is 479 g/mol. The van der Waals surface area contributed by atoms with Crippen LogP contribution in [-0.2, 0) is 16.4 Å². The molecule has 9 heteroatoms. The van der Waals surface area contributed by atoms with Crippen LogP contribution < -0.4 is 5.56 Å². The summed E-state index contributed by atoms with van der Waals surface area (Å²) in [6.07, 6.45) is 1.37. The normalized spacial score (nSPS) is 11.8. The van der Waals surface area contributed by atoms with Crippen LogP contribution >= 0.6 is 27.3 Å². The Labute approximate surface area is 178 Å². The van der Waals surface area contributed by atoms with Gasteiger partial charge in [-0.3, -0.25) is 9.36 Å². The van der Waals surface area contributed by atoms with Gasteiger partial charge in [-0.15, -0.1) is 11.3 Å². The van der Waals surface area contributed by atoms with E-state index in [0.717, 1.165) is 4.47 Å². The number of hydrogen-bond acceptors (Lipinski definition) is 5. The number of aromatic nitrogens is 2. The van der Waals surface area contributed by atoms with Crippen molar-refractivity contribution in [2.45, 2.75) is 11.4 Å². The molecule has 0 N–H and O–H groups in total. The minimum absolute atomic E-state index is 0.0150. The summed E-state index contributed by atoms with van der Waals surface area (Å²) in [5.41, 5.74) is 1.05. The van der Waals surface area contributed by atoms with Crippen molar-refractivity contribution < 1.29 is 12.8 Å². The number of aryl methyl sites for hydroxylation is 1. The van der Waals surface area contributed by atoms with E-state index < -0.39 is 9.84 Å². The highest BCUT2D eigenvalue weighted by Gasteiger charge is 2.17. The van der Waals surface area contributed by atoms with Gasteiger partial charge in [0.1, 0.15) is 10.6 Å². The van der Waals surface area contributed by atoms with Crippen molar-refractivity contribution in [1.29, 1.82) is 0 Å². The number of rotatable bonds is 5. The molecule has 29 heavy (non-hydrogen) atoms. The summed E-state index contributed by atoms with van der Waals surface area (Å²) >= 11 is 4.59. The van der Waals surface area contributed by atoms with Crippen molar-refractivity contribution >= 4 is 47.3 Å². The van der Waals surface area contributed by atoms with Crippen molar-refractivity contribution in [1.82, 2.24) is 9.55 Å². The van der Waals surface area contributed by atoms with Gasteiger partial charge < -0.3 is 0 Å². The molecule has 148 valence electrons. The fraction of sp³-hybridized carbons (Fsp3) is 0.100. The van der Waals surface area contributed by atoms with Crippen molar-refractivity contribution in [3.8, 4) is 11.1 Å². The molecule has 0 spiro atoms. The lowest BCUT2D eigenvalue weighted by Crippen LogP contribution is -2.24. The van der Waals surface area contributed by atoms with Crippen LogP contribution in [0.4, 0.5) is 4.39 Å². The Morgan fingerprint density at radius 2 is 1.76 bits per heavy atom. The summed E-state index contributed by atoms with van der Waals surface area (Å²) in [7, 11) is -3.55. The van der Waals surface area contributed by atoms with E-state index in [9.17, 15) is 17.6 Å². The van der Waals surface area contributed by atoms with E-state index in [4.69, 9.17) is 0 Å². The number of hydrogen-bond donors (Lipinski definition) is 0. The Morgan fingerprint density at radius 1 is 1.07 bits per heavy atom. The maximum Gasteiger partial charge on any atom is 0.262 e. The fourth-order valence-corrected chi connectivity index (χ4v) is 5.34. The number of nitrogens with zero attached hydrogens (tertiary/aromatic N) is 2. The van der Waals surface area contributed by atoms with Crippen LogP contribution in [0.25, 0.3) is 21.3 Å². The van der Waals surface area contributed by atoms with Gasteiger partial charge in [0.25, 0.3) is 5.56 Å². The third-order valence-corrected chi connectivity index (χ3v) is 7.62. The molecule has 4 rings (SSSR count). The third-order valence-electron chi connectivity index (χ3n) is 4.49. The van der Waals surface area contributed by atoms with Crippen LogP contribution in [-0.4, -0.2) is 23.7 Å². The summed E-state index contributed by atoms with van der Waals surface area (Å²) in [6, 6.07) is 12.2. The van der Waals surface area contributed by atoms with Crippen molar-refractivity contribution in [2.24, 2.45) is 0 Å². The lowest BCUT2D eigenvalue weighted by atomic mass is 10.1. The fourth-order valence-electron chi connectivity index (χ4n) is 2.95. The molecule has 0 unspecified atom stereocenters. The van der Waals surface area contributed by atoms with Gasteiger partial charge in [0, 0.05) is 22.0 Å². The lowest BCUT2D eigenvalue weighted by molar-refractivity contribution is 0.586. The quantitative estimate of drug-likeness (QED) is 0.411. The second kappa shape index (κ2) is 7.81. The Bertz CT molecular complexity index is 1350. The average molecular weight is 493 g/mol. The van der Waals surface area contributed by atoms with E-state index in [1.807, 2.05) is 0 Å². The summed E-state index contributed by atoms with van der Waals surface area (Å²) in [5, 5.41) is 2.21. The number of benzene rings is 2. The zero-order valence-corrected chi connectivity index (χ0v) is 18.1. The molecular formula is C20H14BrFN2O3S2. The first-order valence-corrected chi connectivity index (χ1v) is 11.9. The monoisotopic (exact) mass is 492 g/mol. The summed E-state index contributed by atoms with van der Waals surface area (Å²) < 4.78 is 40.5. The minimum Gasteiger partial charge on any atom is -0.298 e. The zero-order valence-electron chi connectivity index (χ0n) is 14.9. The number of thiophene rings is 1. The van der Waals surface area contributed by atoms with E-state index in [1.165, 1.54) is 46.5 Å². The standard InChI is InChI=1S/C20H14BrFN2O3S2/c21-14-3-7-16(8-4-14)29(26,27)10-9-24-12-23-19-18(20(24)25)17(11-28-19)13-1-5-15(22)6-2-13/h1-8,11-12H,9-10H2.